The molecule has 1 atom stereocenters. The fraction of sp³-hybridized carbons (Fsp3) is 0.700. The second kappa shape index (κ2) is 4.90. The number of nitrogens with one attached hydrogen (secondary N) is 1. The standard InChI is InChI=1S/C10H17NO2/c1-3-8(2)10(12)11-9-5-4-6-13-7-9/h7-8H,3-6H2,1-2H3,(H,11,12)/t8-/m0/s1. The zero-order valence-corrected chi connectivity index (χ0v) is 8.30. The van der Waals surface area contributed by atoms with Crippen molar-refractivity contribution in [3.63, 3.8) is 0 Å². The monoisotopic (exact) mass is 183 g/mol. The fourth-order valence-electron chi connectivity index (χ4n) is 1.12. The van der Waals surface area contributed by atoms with E-state index in [1.54, 1.807) is 6.26 Å². The van der Waals surface area contributed by atoms with Crippen LogP contribution in [-0.2, 0) is 9.53 Å². The summed E-state index contributed by atoms with van der Waals surface area (Å²) >= 11 is 0. The Balaban J connectivity index is 2.39. The van der Waals surface area contributed by atoms with Gasteiger partial charge in [0.1, 0.15) is 6.26 Å². The lowest BCUT2D eigenvalue weighted by atomic mass is 10.1. The molecule has 1 rings (SSSR count). The van der Waals surface area contributed by atoms with E-state index in [2.05, 4.69) is 5.32 Å². The van der Waals surface area contributed by atoms with Crippen molar-refractivity contribution < 1.29 is 9.53 Å². The molecular formula is C10H17NO2. The molecule has 0 fully saturated rings. The van der Waals surface area contributed by atoms with Crippen molar-refractivity contribution in [2.45, 2.75) is 33.1 Å². The molecule has 0 aromatic heterocycles. The minimum absolute atomic E-state index is 0.0860. The van der Waals surface area contributed by atoms with Gasteiger partial charge in [0, 0.05) is 5.92 Å². The molecule has 1 aliphatic heterocycles. The molecule has 0 saturated carbocycles. The number of rotatable bonds is 3. The average molecular weight is 183 g/mol. The van der Waals surface area contributed by atoms with Crippen LogP contribution in [0.3, 0.4) is 0 Å². The Morgan fingerprint density at radius 1 is 1.77 bits per heavy atom. The molecule has 13 heavy (non-hydrogen) atoms. The highest BCUT2D eigenvalue weighted by Gasteiger charge is 2.13. The summed E-state index contributed by atoms with van der Waals surface area (Å²) in [6.45, 7) is 4.71. The zero-order chi connectivity index (χ0) is 9.68. The molecule has 0 aromatic carbocycles. The van der Waals surface area contributed by atoms with Gasteiger partial charge in [-0.15, -0.1) is 0 Å². The molecule has 1 amide bonds. The van der Waals surface area contributed by atoms with Gasteiger partial charge in [-0.1, -0.05) is 13.8 Å². The van der Waals surface area contributed by atoms with E-state index in [4.69, 9.17) is 4.74 Å². The number of carbonyl (C=O) groups excluding carboxylic acids is 1. The third kappa shape index (κ3) is 3.09. The third-order valence-corrected chi connectivity index (χ3v) is 2.28. The highest BCUT2D eigenvalue weighted by atomic mass is 16.5. The molecule has 3 heteroatoms. The summed E-state index contributed by atoms with van der Waals surface area (Å²) in [7, 11) is 0. The Hall–Kier alpha value is -0.990. The van der Waals surface area contributed by atoms with Crippen molar-refractivity contribution in [1.29, 1.82) is 0 Å². The summed E-state index contributed by atoms with van der Waals surface area (Å²) in [6, 6.07) is 0. The Kier molecular flexibility index (Phi) is 3.80. The molecule has 0 spiro atoms. The van der Waals surface area contributed by atoms with Crippen molar-refractivity contribution in [3.8, 4) is 0 Å². The van der Waals surface area contributed by atoms with Crippen LogP contribution in [0.5, 0.6) is 0 Å². The molecule has 74 valence electrons. The van der Waals surface area contributed by atoms with Gasteiger partial charge in [-0.25, -0.2) is 0 Å². The van der Waals surface area contributed by atoms with Crippen LogP contribution in [0.1, 0.15) is 33.1 Å². The molecule has 1 heterocycles. The number of hydrogen-bond acceptors (Lipinski definition) is 2. The SMILES string of the molecule is CC[C@H](C)C(=O)NC1=COCCC1. The van der Waals surface area contributed by atoms with Gasteiger partial charge in [0.2, 0.25) is 5.91 Å². The van der Waals surface area contributed by atoms with E-state index >= 15 is 0 Å². The van der Waals surface area contributed by atoms with Crippen molar-refractivity contribution in [2.75, 3.05) is 6.61 Å². The van der Waals surface area contributed by atoms with Crippen molar-refractivity contribution in [1.82, 2.24) is 5.32 Å². The number of amides is 1. The van der Waals surface area contributed by atoms with Gasteiger partial charge in [0.05, 0.1) is 12.3 Å². The maximum absolute atomic E-state index is 11.4. The molecule has 1 N–H and O–H groups in total. The zero-order valence-electron chi connectivity index (χ0n) is 8.30. The van der Waals surface area contributed by atoms with Gasteiger partial charge in [-0.3, -0.25) is 4.79 Å². The van der Waals surface area contributed by atoms with Crippen molar-refractivity contribution in [3.05, 3.63) is 12.0 Å². The lowest BCUT2D eigenvalue weighted by molar-refractivity contribution is -0.123. The largest absolute Gasteiger partial charge is 0.499 e. The number of ether oxygens (including phenoxy) is 1. The summed E-state index contributed by atoms with van der Waals surface area (Å²) < 4.78 is 5.12. The number of hydrogen-bond donors (Lipinski definition) is 1. The van der Waals surface area contributed by atoms with Gasteiger partial charge >= 0.3 is 0 Å². The smallest absolute Gasteiger partial charge is 0.227 e. The summed E-state index contributed by atoms with van der Waals surface area (Å²) in [4.78, 5) is 11.4. The molecule has 0 bridgehead atoms. The van der Waals surface area contributed by atoms with Crippen LogP contribution in [0.2, 0.25) is 0 Å². The summed E-state index contributed by atoms with van der Waals surface area (Å²) in [5.41, 5.74) is 0.913. The molecule has 0 aliphatic carbocycles. The molecule has 1 aliphatic rings. The van der Waals surface area contributed by atoms with E-state index in [9.17, 15) is 4.79 Å². The van der Waals surface area contributed by atoms with E-state index in [-0.39, 0.29) is 11.8 Å². The van der Waals surface area contributed by atoms with E-state index in [0.29, 0.717) is 0 Å². The number of carbonyl (C=O) groups is 1. The van der Waals surface area contributed by atoms with E-state index in [0.717, 1.165) is 31.6 Å². The molecular weight excluding hydrogens is 166 g/mol. The number of allylic oxidation sites excluding steroid dienone is 1. The van der Waals surface area contributed by atoms with Crippen LogP contribution in [0, 0.1) is 5.92 Å². The fourth-order valence-corrected chi connectivity index (χ4v) is 1.12. The second-order valence-corrected chi connectivity index (χ2v) is 3.42. The van der Waals surface area contributed by atoms with E-state index in [1.807, 2.05) is 13.8 Å². The highest BCUT2D eigenvalue weighted by Crippen LogP contribution is 2.10. The van der Waals surface area contributed by atoms with Gasteiger partial charge in [-0.2, -0.15) is 0 Å². The minimum Gasteiger partial charge on any atom is -0.499 e. The topological polar surface area (TPSA) is 38.3 Å². The van der Waals surface area contributed by atoms with Crippen LogP contribution >= 0.6 is 0 Å². The predicted octanol–water partition coefficient (Wildman–Crippen LogP) is 1.80. The Morgan fingerprint density at radius 2 is 2.54 bits per heavy atom. The van der Waals surface area contributed by atoms with Crippen molar-refractivity contribution >= 4 is 5.91 Å². The highest BCUT2D eigenvalue weighted by molar-refractivity contribution is 5.79. The normalized spacial score (nSPS) is 18.5. The van der Waals surface area contributed by atoms with Crippen LogP contribution < -0.4 is 5.32 Å². The van der Waals surface area contributed by atoms with Crippen LogP contribution in [0.4, 0.5) is 0 Å². The lowest BCUT2D eigenvalue weighted by Gasteiger charge is -2.16. The predicted molar refractivity (Wildman–Crippen MR) is 50.9 cm³/mol. The maximum Gasteiger partial charge on any atom is 0.227 e. The maximum atomic E-state index is 11.4. The molecule has 0 saturated heterocycles. The minimum atomic E-state index is 0.0860. The van der Waals surface area contributed by atoms with Gasteiger partial charge in [0.15, 0.2) is 0 Å². The second-order valence-electron chi connectivity index (χ2n) is 3.42. The first-order valence-electron chi connectivity index (χ1n) is 4.85. The van der Waals surface area contributed by atoms with Crippen molar-refractivity contribution in [2.24, 2.45) is 5.92 Å². The third-order valence-electron chi connectivity index (χ3n) is 2.28. The van der Waals surface area contributed by atoms with Crippen LogP contribution in [0.15, 0.2) is 12.0 Å². The quantitative estimate of drug-likeness (QED) is 0.724. The molecule has 0 unspecified atom stereocenters. The first-order chi connectivity index (χ1) is 6.24. The average Bonchev–Trinajstić information content (AvgIpc) is 2.18. The van der Waals surface area contributed by atoms with Gasteiger partial charge in [0.25, 0.3) is 0 Å². The summed E-state index contributed by atoms with van der Waals surface area (Å²) in [5, 5.41) is 2.87. The van der Waals surface area contributed by atoms with E-state index < -0.39 is 0 Å². The van der Waals surface area contributed by atoms with Crippen LogP contribution in [0.25, 0.3) is 0 Å². The van der Waals surface area contributed by atoms with Gasteiger partial charge < -0.3 is 10.1 Å². The van der Waals surface area contributed by atoms with Crippen LogP contribution in [-0.4, -0.2) is 12.5 Å². The molecule has 3 nitrogen and oxygen atoms in total. The van der Waals surface area contributed by atoms with E-state index in [1.165, 1.54) is 0 Å². The Bertz CT molecular complexity index is 211. The Morgan fingerprint density at radius 3 is 3.08 bits per heavy atom. The lowest BCUT2D eigenvalue weighted by Crippen LogP contribution is -2.29. The summed E-state index contributed by atoms with van der Waals surface area (Å²) in [6.07, 6.45) is 4.44. The molecule has 0 aromatic rings. The first-order valence-corrected chi connectivity index (χ1v) is 4.85. The Labute approximate surface area is 79.2 Å². The molecule has 0 radical (unpaired) electrons. The first kappa shape index (κ1) is 10.1. The summed E-state index contributed by atoms with van der Waals surface area (Å²) in [5.74, 6) is 0.182. The van der Waals surface area contributed by atoms with Gasteiger partial charge in [-0.05, 0) is 19.3 Å².